The van der Waals surface area contributed by atoms with Crippen LogP contribution in [0.5, 0.6) is 5.75 Å². The third kappa shape index (κ3) is 6.59. The van der Waals surface area contributed by atoms with Crippen LogP contribution < -0.4 is 4.74 Å². The van der Waals surface area contributed by atoms with Gasteiger partial charge in [-0.15, -0.1) is 0 Å². The van der Waals surface area contributed by atoms with E-state index < -0.39 is 12.4 Å². The molecule has 2 N–H and O–H groups in total. The van der Waals surface area contributed by atoms with Crippen molar-refractivity contribution < 1.29 is 24.4 Å². The van der Waals surface area contributed by atoms with Crippen molar-refractivity contribution in [3.8, 4) is 5.75 Å². The number of hydrogen-bond donors (Lipinski definition) is 2. The molecule has 5 heteroatoms. The average molecular weight is 350 g/mol. The van der Waals surface area contributed by atoms with E-state index in [2.05, 4.69) is 24.3 Å². The molecule has 2 fully saturated rings. The molecular formula is C20H30O5. The molecule has 1 saturated heterocycles. The number of hydrogen-bond acceptors (Lipinski definition) is 5. The summed E-state index contributed by atoms with van der Waals surface area (Å²) in [6, 6.07) is 8.38. The lowest BCUT2D eigenvalue weighted by Crippen LogP contribution is -2.39. The van der Waals surface area contributed by atoms with E-state index in [0.717, 1.165) is 37.5 Å². The van der Waals surface area contributed by atoms with Crippen molar-refractivity contribution >= 4 is 0 Å². The number of unbranched alkanes of at least 4 members (excludes halogenated alkanes) is 1. The Balaban J connectivity index is 1.27. The Hall–Kier alpha value is -1.14. The Morgan fingerprint density at radius 2 is 1.88 bits per heavy atom. The van der Waals surface area contributed by atoms with E-state index in [-0.39, 0.29) is 12.7 Å². The second-order valence-corrected chi connectivity index (χ2v) is 7.22. The molecule has 0 radical (unpaired) electrons. The highest BCUT2D eigenvalue weighted by molar-refractivity contribution is 5.27. The van der Waals surface area contributed by atoms with Crippen molar-refractivity contribution in [1.29, 1.82) is 0 Å². The molecule has 1 aromatic rings. The monoisotopic (exact) mass is 350 g/mol. The molecule has 1 heterocycles. The number of benzene rings is 1. The van der Waals surface area contributed by atoms with Gasteiger partial charge in [0.25, 0.3) is 0 Å². The molecule has 0 bridgehead atoms. The van der Waals surface area contributed by atoms with E-state index in [9.17, 15) is 5.11 Å². The van der Waals surface area contributed by atoms with E-state index >= 15 is 0 Å². The predicted octanol–water partition coefficient (Wildman–Crippen LogP) is 2.67. The van der Waals surface area contributed by atoms with E-state index in [4.69, 9.17) is 19.3 Å². The summed E-state index contributed by atoms with van der Waals surface area (Å²) < 4.78 is 17.0. The Bertz CT molecular complexity index is 499. The fourth-order valence-corrected chi connectivity index (χ4v) is 3.07. The minimum Gasteiger partial charge on any atom is -0.493 e. The van der Waals surface area contributed by atoms with E-state index in [1.54, 1.807) is 0 Å². The molecule has 2 aliphatic rings. The molecular weight excluding hydrogens is 320 g/mol. The summed E-state index contributed by atoms with van der Waals surface area (Å²) in [4.78, 5) is 0. The highest BCUT2D eigenvalue weighted by Crippen LogP contribution is 2.29. The van der Waals surface area contributed by atoms with Crippen LogP contribution in [0.25, 0.3) is 0 Å². The maximum Gasteiger partial charge on any atom is 0.160 e. The van der Waals surface area contributed by atoms with Crippen LogP contribution in [0.3, 0.4) is 0 Å². The first-order chi connectivity index (χ1) is 12.2. The summed E-state index contributed by atoms with van der Waals surface area (Å²) in [6.45, 7) is 1.39. The zero-order valence-corrected chi connectivity index (χ0v) is 14.8. The number of ether oxygens (including phenoxy) is 3. The number of rotatable bonds is 10. The molecule has 3 unspecified atom stereocenters. The van der Waals surface area contributed by atoms with Gasteiger partial charge in [-0.05, 0) is 55.7 Å². The molecule has 1 aliphatic carbocycles. The Morgan fingerprint density at radius 3 is 2.60 bits per heavy atom. The lowest BCUT2D eigenvalue weighted by atomic mass is 10.1. The van der Waals surface area contributed by atoms with Gasteiger partial charge in [-0.3, -0.25) is 0 Å². The molecule has 3 rings (SSSR count). The van der Waals surface area contributed by atoms with Crippen molar-refractivity contribution in [3.63, 3.8) is 0 Å². The summed E-state index contributed by atoms with van der Waals surface area (Å²) in [5, 5.41) is 18.9. The van der Waals surface area contributed by atoms with E-state index in [0.29, 0.717) is 19.4 Å². The molecule has 0 aromatic heterocycles. The van der Waals surface area contributed by atoms with Crippen LogP contribution in [-0.2, 0) is 15.9 Å². The number of aliphatic hydroxyl groups excluding tert-OH is 2. The summed E-state index contributed by atoms with van der Waals surface area (Å²) in [7, 11) is 0. The Morgan fingerprint density at radius 1 is 1.08 bits per heavy atom. The first-order valence-corrected chi connectivity index (χ1v) is 9.50. The van der Waals surface area contributed by atoms with Crippen molar-refractivity contribution in [2.75, 3.05) is 19.8 Å². The van der Waals surface area contributed by atoms with Crippen molar-refractivity contribution in [1.82, 2.24) is 0 Å². The van der Waals surface area contributed by atoms with Crippen LogP contribution in [0, 0.1) is 5.92 Å². The van der Waals surface area contributed by atoms with Gasteiger partial charge in [0.15, 0.2) is 6.29 Å². The first-order valence-electron chi connectivity index (χ1n) is 9.50. The molecule has 1 aromatic carbocycles. The quantitative estimate of drug-likeness (QED) is 0.635. The van der Waals surface area contributed by atoms with Gasteiger partial charge in [-0.1, -0.05) is 12.1 Å². The van der Waals surface area contributed by atoms with E-state index in [1.807, 2.05) is 0 Å². The van der Waals surface area contributed by atoms with E-state index in [1.165, 1.54) is 18.4 Å². The first kappa shape index (κ1) is 18.6. The summed E-state index contributed by atoms with van der Waals surface area (Å²) in [5.74, 6) is 1.74. The second kappa shape index (κ2) is 9.53. The minimum absolute atomic E-state index is 0.0721. The fraction of sp³-hybridized carbons (Fsp3) is 0.700. The Kier molecular flexibility index (Phi) is 7.11. The van der Waals surface area contributed by atoms with Gasteiger partial charge >= 0.3 is 0 Å². The van der Waals surface area contributed by atoms with Crippen molar-refractivity contribution in [3.05, 3.63) is 29.8 Å². The van der Waals surface area contributed by atoms with Crippen LogP contribution in [0.2, 0.25) is 0 Å². The zero-order valence-electron chi connectivity index (χ0n) is 14.8. The zero-order chi connectivity index (χ0) is 17.5. The lowest BCUT2D eigenvalue weighted by Gasteiger charge is -2.32. The number of aryl methyl sites for hydroxylation is 1. The molecule has 0 amide bonds. The SMILES string of the molecule is OCC1CC(O)CC(OCCCCc2ccc(OCC3CC3)cc2)O1. The fourth-order valence-electron chi connectivity index (χ4n) is 3.07. The van der Waals surface area contributed by atoms with Crippen LogP contribution >= 0.6 is 0 Å². The van der Waals surface area contributed by atoms with Gasteiger partial charge in [-0.2, -0.15) is 0 Å². The van der Waals surface area contributed by atoms with Gasteiger partial charge in [0, 0.05) is 19.4 Å². The van der Waals surface area contributed by atoms with Crippen LogP contribution in [0.15, 0.2) is 24.3 Å². The average Bonchev–Trinajstić information content (AvgIpc) is 3.44. The van der Waals surface area contributed by atoms with Gasteiger partial charge in [0.1, 0.15) is 5.75 Å². The summed E-state index contributed by atoms with van der Waals surface area (Å²) in [6.07, 6.45) is 5.43. The summed E-state index contributed by atoms with van der Waals surface area (Å²) in [5.41, 5.74) is 1.31. The van der Waals surface area contributed by atoms with Crippen LogP contribution in [0.1, 0.15) is 44.1 Å². The Labute approximate surface area is 149 Å². The maximum absolute atomic E-state index is 9.75. The normalized spacial score (nSPS) is 26.6. The highest BCUT2D eigenvalue weighted by atomic mass is 16.7. The topological polar surface area (TPSA) is 68.2 Å². The molecule has 1 saturated carbocycles. The minimum atomic E-state index is -0.448. The number of aliphatic hydroxyl groups is 2. The molecule has 1 aliphatic heterocycles. The highest BCUT2D eigenvalue weighted by Gasteiger charge is 2.28. The second-order valence-electron chi connectivity index (χ2n) is 7.22. The molecule has 0 spiro atoms. The standard InChI is InChI=1S/C20H30O5/c21-13-19-11-17(22)12-20(25-19)23-10-2-1-3-15-6-8-18(9-7-15)24-14-16-4-5-16/h6-9,16-17,19-22H,1-5,10-14H2. The van der Waals surface area contributed by atoms with Crippen molar-refractivity contribution in [2.24, 2.45) is 5.92 Å². The van der Waals surface area contributed by atoms with Gasteiger partial charge in [0.05, 0.1) is 25.4 Å². The van der Waals surface area contributed by atoms with Crippen molar-refractivity contribution in [2.45, 2.75) is 63.4 Å². The third-order valence-electron chi connectivity index (χ3n) is 4.82. The maximum atomic E-state index is 9.75. The summed E-state index contributed by atoms with van der Waals surface area (Å²) >= 11 is 0. The van der Waals surface area contributed by atoms with Crippen LogP contribution in [-0.4, -0.2) is 48.5 Å². The lowest BCUT2D eigenvalue weighted by molar-refractivity contribution is -0.221. The third-order valence-corrected chi connectivity index (χ3v) is 4.82. The predicted molar refractivity (Wildman–Crippen MR) is 94.5 cm³/mol. The smallest absolute Gasteiger partial charge is 0.160 e. The van der Waals surface area contributed by atoms with Crippen LogP contribution in [0.4, 0.5) is 0 Å². The molecule has 3 atom stereocenters. The molecule has 5 nitrogen and oxygen atoms in total. The van der Waals surface area contributed by atoms with Gasteiger partial charge < -0.3 is 24.4 Å². The molecule has 140 valence electrons. The molecule has 25 heavy (non-hydrogen) atoms. The van der Waals surface area contributed by atoms with Gasteiger partial charge in [0.2, 0.25) is 0 Å². The van der Waals surface area contributed by atoms with Gasteiger partial charge in [-0.25, -0.2) is 0 Å². The largest absolute Gasteiger partial charge is 0.493 e.